The number of nitriles is 1. The highest BCUT2D eigenvalue weighted by atomic mass is 19.3. The second kappa shape index (κ2) is 3.18. The highest BCUT2D eigenvalue weighted by molar-refractivity contribution is 5.50. The van der Waals surface area contributed by atoms with Crippen LogP contribution in [0.25, 0.3) is 0 Å². The first-order chi connectivity index (χ1) is 5.65. The topological polar surface area (TPSA) is 49.8 Å². The monoisotopic (exact) mass is 168 g/mol. The van der Waals surface area contributed by atoms with Crippen LogP contribution < -0.4 is 5.73 Å². The standard InChI is InChI=1S/C8H6F2N2/c9-8(10)7-2-1-6(12)3-5(7)4-11/h1-3,8H,12H2. The Hall–Kier alpha value is -1.63. The van der Waals surface area contributed by atoms with Crippen LogP contribution in [0.2, 0.25) is 0 Å². The Labute approximate surface area is 68.2 Å². The van der Waals surface area contributed by atoms with E-state index >= 15 is 0 Å². The number of halogens is 2. The van der Waals surface area contributed by atoms with Gasteiger partial charge in [0.05, 0.1) is 11.6 Å². The van der Waals surface area contributed by atoms with Gasteiger partial charge in [0.25, 0.3) is 6.43 Å². The van der Waals surface area contributed by atoms with Crippen LogP contribution in [0, 0.1) is 11.3 Å². The van der Waals surface area contributed by atoms with Gasteiger partial charge in [0.2, 0.25) is 0 Å². The highest BCUT2D eigenvalue weighted by Gasteiger charge is 2.11. The van der Waals surface area contributed by atoms with Gasteiger partial charge in [-0.1, -0.05) is 0 Å². The molecule has 0 aliphatic rings. The van der Waals surface area contributed by atoms with Gasteiger partial charge in [0.15, 0.2) is 0 Å². The number of hydrogen-bond acceptors (Lipinski definition) is 2. The third-order valence-corrected chi connectivity index (χ3v) is 1.43. The van der Waals surface area contributed by atoms with Crippen molar-refractivity contribution >= 4 is 5.69 Å². The largest absolute Gasteiger partial charge is 0.399 e. The Kier molecular flexibility index (Phi) is 2.24. The fourth-order valence-corrected chi connectivity index (χ4v) is 0.861. The first-order valence-electron chi connectivity index (χ1n) is 3.23. The quantitative estimate of drug-likeness (QED) is 0.652. The molecule has 0 aromatic heterocycles. The van der Waals surface area contributed by atoms with Crippen molar-refractivity contribution in [2.45, 2.75) is 6.43 Å². The summed E-state index contributed by atoms with van der Waals surface area (Å²) >= 11 is 0. The summed E-state index contributed by atoms with van der Waals surface area (Å²) in [4.78, 5) is 0. The van der Waals surface area contributed by atoms with Crippen LogP contribution in [0.4, 0.5) is 14.5 Å². The number of anilines is 1. The lowest BCUT2D eigenvalue weighted by Crippen LogP contribution is -1.93. The number of hydrogen-bond donors (Lipinski definition) is 1. The molecule has 2 N–H and O–H groups in total. The van der Waals surface area contributed by atoms with E-state index in [9.17, 15) is 8.78 Å². The molecule has 62 valence electrons. The molecule has 0 bridgehead atoms. The van der Waals surface area contributed by atoms with Crippen molar-refractivity contribution in [3.63, 3.8) is 0 Å². The average molecular weight is 168 g/mol. The fourth-order valence-electron chi connectivity index (χ4n) is 0.861. The minimum absolute atomic E-state index is 0.0648. The molecular weight excluding hydrogens is 162 g/mol. The number of nitrogen functional groups attached to an aromatic ring is 1. The molecule has 0 saturated carbocycles. The number of nitrogens with two attached hydrogens (primary N) is 1. The molecule has 0 atom stereocenters. The smallest absolute Gasteiger partial charge is 0.265 e. The van der Waals surface area contributed by atoms with Crippen molar-refractivity contribution in [1.82, 2.24) is 0 Å². The molecule has 0 unspecified atom stereocenters. The maximum absolute atomic E-state index is 12.2. The summed E-state index contributed by atoms with van der Waals surface area (Å²) in [5.74, 6) is 0. The lowest BCUT2D eigenvalue weighted by molar-refractivity contribution is 0.151. The molecule has 0 aliphatic carbocycles. The van der Waals surface area contributed by atoms with E-state index in [-0.39, 0.29) is 11.1 Å². The van der Waals surface area contributed by atoms with Gasteiger partial charge in [0.1, 0.15) is 0 Å². The zero-order valence-electron chi connectivity index (χ0n) is 6.09. The fraction of sp³-hybridized carbons (Fsp3) is 0.125. The van der Waals surface area contributed by atoms with Crippen LogP contribution in [0.15, 0.2) is 18.2 Å². The maximum atomic E-state index is 12.2. The highest BCUT2D eigenvalue weighted by Crippen LogP contribution is 2.23. The van der Waals surface area contributed by atoms with Gasteiger partial charge in [-0.05, 0) is 18.2 Å². The summed E-state index contributed by atoms with van der Waals surface area (Å²) < 4.78 is 24.3. The maximum Gasteiger partial charge on any atom is 0.265 e. The minimum Gasteiger partial charge on any atom is -0.399 e. The van der Waals surface area contributed by atoms with E-state index < -0.39 is 6.43 Å². The van der Waals surface area contributed by atoms with Gasteiger partial charge in [-0.25, -0.2) is 8.78 Å². The molecule has 0 heterocycles. The molecule has 1 aromatic carbocycles. The van der Waals surface area contributed by atoms with E-state index in [2.05, 4.69) is 0 Å². The Morgan fingerprint density at radius 3 is 2.58 bits per heavy atom. The second-order valence-electron chi connectivity index (χ2n) is 2.26. The van der Waals surface area contributed by atoms with Gasteiger partial charge in [-0.15, -0.1) is 0 Å². The van der Waals surface area contributed by atoms with Gasteiger partial charge in [-0.3, -0.25) is 0 Å². The lowest BCUT2D eigenvalue weighted by Gasteiger charge is -2.02. The van der Waals surface area contributed by atoms with Crippen LogP contribution in [0.5, 0.6) is 0 Å². The van der Waals surface area contributed by atoms with Gasteiger partial charge < -0.3 is 5.73 Å². The molecule has 2 nitrogen and oxygen atoms in total. The van der Waals surface area contributed by atoms with Crippen molar-refractivity contribution in [2.24, 2.45) is 0 Å². The predicted molar refractivity (Wildman–Crippen MR) is 40.5 cm³/mol. The summed E-state index contributed by atoms with van der Waals surface area (Å²) in [5.41, 5.74) is 5.29. The average Bonchev–Trinajstić information content (AvgIpc) is 2.03. The molecule has 1 rings (SSSR count). The summed E-state index contributed by atoms with van der Waals surface area (Å²) in [6.45, 7) is 0. The van der Waals surface area contributed by atoms with Crippen molar-refractivity contribution < 1.29 is 8.78 Å². The first-order valence-corrected chi connectivity index (χ1v) is 3.23. The summed E-state index contributed by atoms with van der Waals surface area (Å²) in [6, 6.07) is 5.41. The Bertz CT molecular complexity index is 328. The van der Waals surface area contributed by atoms with Crippen LogP contribution in [0.3, 0.4) is 0 Å². The van der Waals surface area contributed by atoms with Crippen LogP contribution in [-0.4, -0.2) is 0 Å². The van der Waals surface area contributed by atoms with E-state index in [1.807, 2.05) is 0 Å². The Balaban J connectivity index is 3.23. The summed E-state index contributed by atoms with van der Waals surface area (Å²) in [7, 11) is 0. The van der Waals surface area contributed by atoms with Gasteiger partial charge in [0, 0.05) is 11.3 Å². The van der Waals surface area contributed by atoms with E-state index in [0.717, 1.165) is 0 Å². The Morgan fingerprint density at radius 2 is 2.08 bits per heavy atom. The SMILES string of the molecule is N#Cc1cc(N)ccc1C(F)F. The van der Waals surface area contributed by atoms with Crippen molar-refractivity contribution in [2.75, 3.05) is 5.73 Å². The number of benzene rings is 1. The number of alkyl halides is 2. The molecule has 12 heavy (non-hydrogen) atoms. The third-order valence-electron chi connectivity index (χ3n) is 1.43. The zero-order valence-corrected chi connectivity index (χ0v) is 6.09. The first kappa shape index (κ1) is 8.47. The second-order valence-corrected chi connectivity index (χ2v) is 2.26. The molecule has 1 aromatic rings. The number of nitrogens with zero attached hydrogens (tertiary/aromatic N) is 1. The van der Waals surface area contributed by atoms with E-state index in [1.54, 1.807) is 6.07 Å². The normalized spacial score (nSPS) is 9.83. The molecule has 0 radical (unpaired) electrons. The molecule has 0 fully saturated rings. The molecule has 0 spiro atoms. The third kappa shape index (κ3) is 1.51. The van der Waals surface area contributed by atoms with Crippen LogP contribution >= 0.6 is 0 Å². The summed E-state index contributed by atoms with van der Waals surface area (Å²) in [5, 5.41) is 8.45. The van der Waals surface area contributed by atoms with Crippen molar-refractivity contribution in [3.05, 3.63) is 29.3 Å². The molecule has 0 amide bonds. The minimum atomic E-state index is -2.62. The van der Waals surface area contributed by atoms with Crippen LogP contribution in [-0.2, 0) is 0 Å². The molecule has 0 aliphatic heterocycles. The van der Waals surface area contributed by atoms with Crippen molar-refractivity contribution in [3.8, 4) is 6.07 Å². The van der Waals surface area contributed by atoms with E-state index in [0.29, 0.717) is 5.69 Å². The lowest BCUT2D eigenvalue weighted by atomic mass is 10.1. The molecule has 4 heteroatoms. The van der Waals surface area contributed by atoms with Crippen molar-refractivity contribution in [1.29, 1.82) is 5.26 Å². The van der Waals surface area contributed by atoms with E-state index in [1.165, 1.54) is 18.2 Å². The van der Waals surface area contributed by atoms with Gasteiger partial charge >= 0.3 is 0 Å². The Morgan fingerprint density at radius 1 is 1.42 bits per heavy atom. The molecular formula is C8H6F2N2. The van der Waals surface area contributed by atoms with E-state index in [4.69, 9.17) is 11.0 Å². The van der Waals surface area contributed by atoms with Gasteiger partial charge in [-0.2, -0.15) is 5.26 Å². The zero-order chi connectivity index (χ0) is 9.14. The molecule has 0 saturated heterocycles. The summed E-state index contributed by atoms with van der Waals surface area (Å²) in [6.07, 6.45) is -2.62. The number of rotatable bonds is 1. The van der Waals surface area contributed by atoms with Crippen LogP contribution in [0.1, 0.15) is 17.6 Å². The predicted octanol–water partition coefficient (Wildman–Crippen LogP) is 2.08.